The third-order valence-electron chi connectivity index (χ3n) is 2.25. The van der Waals surface area contributed by atoms with Gasteiger partial charge in [0.15, 0.2) is 0 Å². The summed E-state index contributed by atoms with van der Waals surface area (Å²) in [5.74, 6) is 0.638. The molecule has 6 heteroatoms. The zero-order chi connectivity index (χ0) is 13.1. The lowest BCUT2D eigenvalue weighted by Crippen LogP contribution is -2.30. The maximum absolute atomic E-state index is 11.8. The molecule has 5 nitrogen and oxygen atoms in total. The van der Waals surface area contributed by atoms with Crippen molar-refractivity contribution in [3.8, 4) is 5.75 Å². The Labute approximate surface area is 101 Å². The van der Waals surface area contributed by atoms with Crippen LogP contribution in [0, 0.1) is 6.92 Å². The summed E-state index contributed by atoms with van der Waals surface area (Å²) >= 11 is 0. The van der Waals surface area contributed by atoms with E-state index in [4.69, 9.17) is 9.84 Å². The zero-order valence-corrected chi connectivity index (χ0v) is 10.9. The quantitative estimate of drug-likeness (QED) is 0.814. The highest BCUT2D eigenvalue weighted by Crippen LogP contribution is 2.21. The molecule has 1 aromatic rings. The Bertz CT molecular complexity index is 482. The minimum absolute atomic E-state index is 0.00654. The second-order valence-electron chi connectivity index (χ2n) is 3.83. The molecule has 2 N–H and O–H groups in total. The third-order valence-corrected chi connectivity index (χ3v) is 3.67. The molecule has 0 spiro atoms. The molecule has 0 saturated heterocycles. The molecule has 1 atom stereocenters. The van der Waals surface area contributed by atoms with Crippen LogP contribution in [0.3, 0.4) is 0 Å². The molecule has 96 valence electrons. The van der Waals surface area contributed by atoms with E-state index in [0.29, 0.717) is 5.75 Å². The summed E-state index contributed by atoms with van der Waals surface area (Å²) in [7, 11) is -2.04. The molecule has 0 amide bonds. The number of ether oxygens (including phenoxy) is 1. The van der Waals surface area contributed by atoms with Crippen LogP contribution in [-0.4, -0.2) is 33.3 Å². The maximum Gasteiger partial charge on any atom is 0.240 e. The minimum atomic E-state index is -3.57. The molecule has 0 aliphatic carbocycles. The molecule has 0 saturated carbocycles. The van der Waals surface area contributed by atoms with Crippen LogP contribution in [0.4, 0.5) is 0 Å². The van der Waals surface area contributed by atoms with Gasteiger partial charge in [0, 0.05) is 6.54 Å². The first-order valence-corrected chi connectivity index (χ1v) is 6.67. The smallest absolute Gasteiger partial charge is 0.240 e. The number of sulfonamides is 1. The van der Waals surface area contributed by atoms with E-state index in [2.05, 4.69) is 4.72 Å². The van der Waals surface area contributed by atoms with Crippen molar-refractivity contribution in [3.63, 3.8) is 0 Å². The molecule has 0 heterocycles. The molecule has 0 aromatic heterocycles. The van der Waals surface area contributed by atoms with Gasteiger partial charge in [-0.2, -0.15) is 0 Å². The highest BCUT2D eigenvalue weighted by atomic mass is 32.2. The van der Waals surface area contributed by atoms with E-state index in [9.17, 15) is 8.42 Å². The molecule has 0 aliphatic heterocycles. The number of aryl methyl sites for hydroxylation is 1. The Morgan fingerprint density at radius 2 is 2.12 bits per heavy atom. The van der Waals surface area contributed by atoms with Crippen LogP contribution in [0.15, 0.2) is 23.1 Å². The first kappa shape index (κ1) is 14.0. The van der Waals surface area contributed by atoms with Crippen molar-refractivity contribution >= 4 is 10.0 Å². The first-order chi connectivity index (χ1) is 7.86. The summed E-state index contributed by atoms with van der Waals surface area (Å²) in [6.07, 6.45) is -0.718. The zero-order valence-electron chi connectivity index (χ0n) is 10.1. The highest BCUT2D eigenvalue weighted by Gasteiger charge is 2.15. The van der Waals surface area contributed by atoms with Gasteiger partial charge < -0.3 is 9.84 Å². The van der Waals surface area contributed by atoms with E-state index >= 15 is 0 Å². The van der Waals surface area contributed by atoms with Gasteiger partial charge in [-0.1, -0.05) is 0 Å². The lowest BCUT2D eigenvalue weighted by molar-refractivity contribution is 0.198. The summed E-state index contributed by atoms with van der Waals surface area (Å²) in [5, 5.41) is 9.05. The molecule has 0 bridgehead atoms. The van der Waals surface area contributed by atoms with Gasteiger partial charge in [-0.15, -0.1) is 0 Å². The predicted molar refractivity (Wildman–Crippen MR) is 64.6 cm³/mol. The van der Waals surface area contributed by atoms with Gasteiger partial charge in [-0.3, -0.25) is 0 Å². The molecule has 0 radical (unpaired) electrons. The fourth-order valence-corrected chi connectivity index (χ4v) is 2.54. The van der Waals surface area contributed by atoms with Crippen molar-refractivity contribution in [1.29, 1.82) is 0 Å². The van der Waals surface area contributed by atoms with Crippen LogP contribution < -0.4 is 9.46 Å². The molecule has 0 unspecified atom stereocenters. The maximum atomic E-state index is 11.8. The van der Waals surface area contributed by atoms with Gasteiger partial charge in [0.05, 0.1) is 18.1 Å². The van der Waals surface area contributed by atoms with Gasteiger partial charge in [0.2, 0.25) is 10.0 Å². The summed E-state index contributed by atoms with van der Waals surface area (Å²) in [6.45, 7) is 3.28. The summed E-state index contributed by atoms with van der Waals surface area (Å²) in [4.78, 5) is 0.163. The van der Waals surface area contributed by atoms with Crippen molar-refractivity contribution in [2.24, 2.45) is 0 Å². The van der Waals surface area contributed by atoms with Crippen molar-refractivity contribution in [2.45, 2.75) is 24.8 Å². The topological polar surface area (TPSA) is 75.6 Å². The van der Waals surface area contributed by atoms with E-state index in [-0.39, 0.29) is 11.4 Å². The second-order valence-corrected chi connectivity index (χ2v) is 5.60. The summed E-state index contributed by atoms with van der Waals surface area (Å²) < 4.78 is 31.0. The Morgan fingerprint density at radius 1 is 1.47 bits per heavy atom. The number of hydrogen-bond acceptors (Lipinski definition) is 4. The van der Waals surface area contributed by atoms with Gasteiger partial charge in [0.1, 0.15) is 5.75 Å². The summed E-state index contributed by atoms with van der Waals surface area (Å²) in [6, 6.07) is 4.60. The fraction of sp³-hybridized carbons (Fsp3) is 0.455. The average Bonchev–Trinajstić information content (AvgIpc) is 2.26. The van der Waals surface area contributed by atoms with E-state index in [1.165, 1.54) is 26.2 Å². The second kappa shape index (κ2) is 5.48. The standard InChI is InChI=1S/C11H17NO4S/c1-8-6-10(4-5-11(8)16-3)17(14,15)12-7-9(2)13/h4-6,9,12-13H,7H2,1-3H3/t9-/m1/s1. The van der Waals surface area contributed by atoms with Gasteiger partial charge in [0.25, 0.3) is 0 Å². The van der Waals surface area contributed by atoms with E-state index < -0.39 is 16.1 Å². The van der Waals surface area contributed by atoms with Crippen LogP contribution in [0.2, 0.25) is 0 Å². The predicted octanol–water partition coefficient (Wildman–Crippen LogP) is 0.663. The van der Waals surface area contributed by atoms with E-state index in [1.807, 2.05) is 0 Å². The van der Waals surface area contributed by atoms with Crippen molar-refractivity contribution < 1.29 is 18.3 Å². The summed E-state index contributed by atoms with van der Waals surface area (Å²) in [5.41, 5.74) is 0.743. The number of aliphatic hydroxyl groups is 1. The molecule has 0 aliphatic rings. The minimum Gasteiger partial charge on any atom is -0.496 e. The van der Waals surface area contributed by atoms with Gasteiger partial charge in [-0.25, -0.2) is 13.1 Å². The largest absolute Gasteiger partial charge is 0.496 e. The van der Waals surface area contributed by atoms with E-state index in [1.54, 1.807) is 13.0 Å². The fourth-order valence-electron chi connectivity index (χ4n) is 1.33. The van der Waals surface area contributed by atoms with Crippen molar-refractivity contribution in [1.82, 2.24) is 4.72 Å². The monoisotopic (exact) mass is 259 g/mol. The number of nitrogens with one attached hydrogen (secondary N) is 1. The molecular formula is C11H17NO4S. The van der Waals surface area contributed by atoms with Crippen LogP contribution in [0.1, 0.15) is 12.5 Å². The Kier molecular flexibility index (Phi) is 4.50. The average molecular weight is 259 g/mol. The normalized spacial score (nSPS) is 13.4. The number of aliphatic hydroxyl groups excluding tert-OH is 1. The Hall–Kier alpha value is -1.11. The molecule has 1 aromatic carbocycles. The Balaban J connectivity index is 2.96. The lowest BCUT2D eigenvalue weighted by Gasteiger charge is -2.10. The van der Waals surface area contributed by atoms with Gasteiger partial charge in [-0.05, 0) is 37.6 Å². The Morgan fingerprint density at radius 3 is 2.59 bits per heavy atom. The van der Waals surface area contributed by atoms with E-state index in [0.717, 1.165) is 5.56 Å². The molecule has 17 heavy (non-hydrogen) atoms. The molecule has 0 fully saturated rings. The lowest BCUT2D eigenvalue weighted by atomic mass is 10.2. The number of rotatable bonds is 5. The third kappa shape index (κ3) is 3.69. The number of hydrogen-bond donors (Lipinski definition) is 2. The van der Waals surface area contributed by atoms with Crippen LogP contribution in [0.5, 0.6) is 5.75 Å². The first-order valence-electron chi connectivity index (χ1n) is 5.19. The molecular weight excluding hydrogens is 242 g/mol. The highest BCUT2D eigenvalue weighted by molar-refractivity contribution is 7.89. The number of methoxy groups -OCH3 is 1. The SMILES string of the molecule is COc1ccc(S(=O)(=O)NC[C@@H](C)O)cc1C. The van der Waals surface area contributed by atoms with Crippen LogP contribution >= 0.6 is 0 Å². The number of benzene rings is 1. The van der Waals surface area contributed by atoms with Crippen LogP contribution in [0.25, 0.3) is 0 Å². The van der Waals surface area contributed by atoms with Gasteiger partial charge >= 0.3 is 0 Å². The van der Waals surface area contributed by atoms with Crippen LogP contribution in [-0.2, 0) is 10.0 Å². The van der Waals surface area contributed by atoms with Crippen molar-refractivity contribution in [2.75, 3.05) is 13.7 Å². The molecule has 1 rings (SSSR count). The van der Waals surface area contributed by atoms with Crippen molar-refractivity contribution in [3.05, 3.63) is 23.8 Å².